The number of carbonyl (C=O) groups is 2. The van der Waals surface area contributed by atoms with Gasteiger partial charge in [-0.3, -0.25) is 9.59 Å². The normalized spacial score (nSPS) is 12.3. The zero-order valence-corrected chi connectivity index (χ0v) is 21.7. The van der Waals surface area contributed by atoms with Gasteiger partial charge in [0.15, 0.2) is 0 Å². The van der Waals surface area contributed by atoms with Crippen molar-refractivity contribution >= 4 is 46.8 Å². The van der Waals surface area contributed by atoms with Crippen LogP contribution in [0.25, 0.3) is 0 Å². The van der Waals surface area contributed by atoms with Crippen LogP contribution in [0.2, 0.25) is 10.0 Å². The number of hydrogen-bond acceptors (Lipinski definition) is 3. The van der Waals surface area contributed by atoms with Crippen molar-refractivity contribution in [2.24, 2.45) is 0 Å². The lowest BCUT2D eigenvalue weighted by Gasteiger charge is -2.33. The van der Waals surface area contributed by atoms with Crippen molar-refractivity contribution in [1.82, 2.24) is 10.2 Å². The number of thioether (sulfide) groups is 1. The number of hydrogen-bond donors (Lipinski definition) is 1. The van der Waals surface area contributed by atoms with E-state index in [4.69, 9.17) is 23.2 Å². The lowest BCUT2D eigenvalue weighted by Crippen LogP contribution is -2.53. The molecule has 0 saturated carbocycles. The highest BCUT2D eigenvalue weighted by atomic mass is 35.5. The molecular formula is C25H32Cl2N2O2S. The molecule has 0 spiro atoms. The van der Waals surface area contributed by atoms with Crippen LogP contribution in [-0.4, -0.2) is 34.0 Å². The summed E-state index contributed by atoms with van der Waals surface area (Å²) >= 11 is 13.9. The maximum atomic E-state index is 13.3. The zero-order chi connectivity index (χ0) is 23.9. The summed E-state index contributed by atoms with van der Waals surface area (Å²) < 4.78 is 0. The molecule has 1 N–H and O–H groups in total. The summed E-state index contributed by atoms with van der Waals surface area (Å²) in [5.41, 5.74) is 1.65. The quantitative estimate of drug-likeness (QED) is 0.404. The minimum atomic E-state index is -0.569. The van der Waals surface area contributed by atoms with Crippen molar-refractivity contribution < 1.29 is 9.59 Å². The third-order valence-corrected chi connectivity index (χ3v) is 6.58. The van der Waals surface area contributed by atoms with Gasteiger partial charge in [-0.15, -0.1) is 11.8 Å². The number of rotatable bonds is 9. The molecule has 0 aromatic heterocycles. The zero-order valence-electron chi connectivity index (χ0n) is 19.4. The maximum absolute atomic E-state index is 13.3. The van der Waals surface area contributed by atoms with Crippen molar-refractivity contribution in [2.75, 3.05) is 5.75 Å². The molecule has 174 valence electrons. The number of aryl methyl sites for hydroxylation is 1. The predicted molar refractivity (Wildman–Crippen MR) is 136 cm³/mol. The van der Waals surface area contributed by atoms with Gasteiger partial charge in [0.2, 0.25) is 11.8 Å². The van der Waals surface area contributed by atoms with Gasteiger partial charge in [0.05, 0.1) is 10.0 Å². The van der Waals surface area contributed by atoms with Gasteiger partial charge in [-0.25, -0.2) is 0 Å². The number of halogens is 2. The van der Waals surface area contributed by atoms with E-state index in [2.05, 4.69) is 29.6 Å². The second kappa shape index (κ2) is 12.0. The molecule has 4 nitrogen and oxygen atoms in total. The van der Waals surface area contributed by atoms with E-state index in [-0.39, 0.29) is 17.4 Å². The molecular weight excluding hydrogens is 463 g/mol. The van der Waals surface area contributed by atoms with Gasteiger partial charge < -0.3 is 10.2 Å². The molecule has 0 aliphatic carbocycles. The van der Waals surface area contributed by atoms with Crippen molar-refractivity contribution in [2.45, 2.75) is 70.5 Å². The van der Waals surface area contributed by atoms with Crippen LogP contribution in [-0.2, 0) is 16.1 Å². The fourth-order valence-corrected chi connectivity index (χ4v) is 4.40. The second-order valence-electron chi connectivity index (χ2n) is 8.84. The summed E-state index contributed by atoms with van der Waals surface area (Å²) in [6, 6.07) is 13.0. The minimum absolute atomic E-state index is 0.0633. The van der Waals surface area contributed by atoms with E-state index in [0.717, 1.165) is 10.5 Å². The maximum Gasteiger partial charge on any atom is 0.243 e. The first-order valence-electron chi connectivity index (χ1n) is 10.7. The molecule has 2 amide bonds. The highest BCUT2D eigenvalue weighted by molar-refractivity contribution is 7.99. The Morgan fingerprint density at radius 2 is 1.72 bits per heavy atom. The third-order valence-electron chi connectivity index (χ3n) is 4.83. The number of nitrogens with one attached hydrogen (secondary N) is 1. The van der Waals surface area contributed by atoms with Crippen LogP contribution in [0.3, 0.4) is 0 Å². The van der Waals surface area contributed by atoms with Crippen LogP contribution in [0.15, 0.2) is 47.4 Å². The van der Waals surface area contributed by atoms with E-state index in [1.165, 1.54) is 5.56 Å². The SMILES string of the molecule is CC[C@@H](C(=O)NC(C)(C)C)N(Cc1ccc(Cl)c(Cl)c1)C(=O)CCSc1ccc(C)cc1. The molecule has 0 unspecified atom stereocenters. The Morgan fingerprint density at radius 1 is 1.06 bits per heavy atom. The van der Waals surface area contributed by atoms with Gasteiger partial charge in [0, 0.05) is 29.2 Å². The average Bonchev–Trinajstić information content (AvgIpc) is 2.70. The summed E-state index contributed by atoms with van der Waals surface area (Å²) in [7, 11) is 0. The number of carbonyl (C=O) groups excluding carboxylic acids is 2. The molecule has 2 aromatic rings. The van der Waals surface area contributed by atoms with Crippen LogP contribution in [0.4, 0.5) is 0 Å². The Kier molecular flexibility index (Phi) is 9.93. The van der Waals surface area contributed by atoms with E-state index in [1.54, 1.807) is 28.8 Å². The molecule has 2 aromatic carbocycles. The highest BCUT2D eigenvalue weighted by Gasteiger charge is 2.30. The first-order chi connectivity index (χ1) is 15.0. The molecule has 7 heteroatoms. The number of amides is 2. The fraction of sp³-hybridized carbons (Fsp3) is 0.440. The van der Waals surface area contributed by atoms with E-state index in [1.807, 2.05) is 40.7 Å². The monoisotopic (exact) mass is 494 g/mol. The molecule has 2 rings (SSSR count). The lowest BCUT2D eigenvalue weighted by molar-refractivity contribution is -0.141. The van der Waals surface area contributed by atoms with Gasteiger partial charge in [0.25, 0.3) is 0 Å². The van der Waals surface area contributed by atoms with Crippen molar-refractivity contribution in [1.29, 1.82) is 0 Å². The Morgan fingerprint density at radius 3 is 2.28 bits per heavy atom. The Balaban J connectivity index is 2.18. The summed E-state index contributed by atoms with van der Waals surface area (Å²) in [4.78, 5) is 29.1. The van der Waals surface area contributed by atoms with Crippen LogP contribution in [0, 0.1) is 6.92 Å². The number of nitrogens with zero attached hydrogens (tertiary/aromatic N) is 1. The largest absolute Gasteiger partial charge is 0.350 e. The average molecular weight is 496 g/mol. The molecule has 1 atom stereocenters. The van der Waals surface area contributed by atoms with Gasteiger partial charge in [-0.05, 0) is 63.9 Å². The van der Waals surface area contributed by atoms with Gasteiger partial charge in [-0.1, -0.05) is 53.9 Å². The van der Waals surface area contributed by atoms with Gasteiger partial charge in [-0.2, -0.15) is 0 Å². The van der Waals surface area contributed by atoms with Crippen LogP contribution >= 0.6 is 35.0 Å². The van der Waals surface area contributed by atoms with Gasteiger partial charge in [0.1, 0.15) is 6.04 Å². The van der Waals surface area contributed by atoms with Gasteiger partial charge >= 0.3 is 0 Å². The summed E-state index contributed by atoms with van der Waals surface area (Å²) in [5, 5.41) is 3.90. The topological polar surface area (TPSA) is 49.4 Å². The standard InChI is InChI=1S/C25H32Cl2N2O2S/c1-6-22(24(31)28-25(3,4)5)29(16-18-9-12-20(26)21(27)15-18)23(30)13-14-32-19-10-7-17(2)8-11-19/h7-12,15,22H,6,13-14,16H2,1-5H3,(H,28,31)/t22-/m0/s1. The molecule has 0 aliphatic heterocycles. The Hall–Kier alpha value is -1.69. The molecule has 0 fully saturated rings. The molecule has 0 saturated heterocycles. The third kappa shape index (κ3) is 8.34. The van der Waals surface area contributed by atoms with E-state index in [0.29, 0.717) is 35.2 Å². The van der Waals surface area contributed by atoms with E-state index < -0.39 is 6.04 Å². The van der Waals surface area contributed by atoms with Crippen LogP contribution in [0.1, 0.15) is 51.7 Å². The molecule has 0 bridgehead atoms. The van der Waals surface area contributed by atoms with Crippen LogP contribution in [0.5, 0.6) is 0 Å². The molecule has 32 heavy (non-hydrogen) atoms. The van der Waals surface area contributed by atoms with Crippen LogP contribution < -0.4 is 5.32 Å². The summed E-state index contributed by atoms with van der Waals surface area (Å²) in [6.45, 7) is 10.1. The summed E-state index contributed by atoms with van der Waals surface area (Å²) in [6.07, 6.45) is 0.846. The fourth-order valence-electron chi connectivity index (χ4n) is 3.24. The second-order valence-corrected chi connectivity index (χ2v) is 10.8. The summed E-state index contributed by atoms with van der Waals surface area (Å²) in [5.74, 6) is 0.420. The molecule has 0 radical (unpaired) electrons. The van der Waals surface area contributed by atoms with E-state index >= 15 is 0 Å². The predicted octanol–water partition coefficient (Wildman–Crippen LogP) is 6.51. The Labute approximate surface area is 206 Å². The smallest absolute Gasteiger partial charge is 0.243 e. The highest BCUT2D eigenvalue weighted by Crippen LogP contribution is 2.25. The van der Waals surface area contributed by atoms with Crippen molar-refractivity contribution in [3.63, 3.8) is 0 Å². The molecule has 0 aliphatic rings. The first kappa shape index (κ1) is 26.6. The first-order valence-corrected chi connectivity index (χ1v) is 12.5. The number of benzene rings is 2. The Bertz CT molecular complexity index is 927. The lowest BCUT2D eigenvalue weighted by atomic mass is 10.1. The van der Waals surface area contributed by atoms with Crippen molar-refractivity contribution in [3.05, 3.63) is 63.6 Å². The minimum Gasteiger partial charge on any atom is -0.350 e. The van der Waals surface area contributed by atoms with E-state index in [9.17, 15) is 9.59 Å². The van der Waals surface area contributed by atoms with Crippen molar-refractivity contribution in [3.8, 4) is 0 Å². The molecule has 0 heterocycles.